The lowest BCUT2D eigenvalue weighted by Gasteiger charge is -2.22. The van der Waals surface area contributed by atoms with Gasteiger partial charge in [-0.2, -0.15) is 0 Å². The maximum absolute atomic E-state index is 12.2. The SMILES string of the molecule is CCCCCCN(CCCCCC)C(=O)CSCC(N)=O. The lowest BCUT2D eigenvalue weighted by atomic mass is 10.1. The molecule has 0 fully saturated rings. The molecule has 0 bridgehead atoms. The second-order valence-corrected chi connectivity index (χ2v) is 6.45. The van der Waals surface area contributed by atoms with Crippen LogP contribution in [0.15, 0.2) is 0 Å². The minimum atomic E-state index is -0.356. The molecule has 0 rings (SSSR count). The first-order chi connectivity index (χ1) is 10.1. The van der Waals surface area contributed by atoms with Crippen LogP contribution in [0.25, 0.3) is 0 Å². The maximum Gasteiger partial charge on any atom is 0.232 e. The van der Waals surface area contributed by atoms with Crippen LogP contribution in [0.5, 0.6) is 0 Å². The van der Waals surface area contributed by atoms with E-state index in [2.05, 4.69) is 13.8 Å². The molecule has 2 amide bonds. The van der Waals surface area contributed by atoms with Gasteiger partial charge in [-0.1, -0.05) is 52.4 Å². The number of hydrogen-bond acceptors (Lipinski definition) is 3. The van der Waals surface area contributed by atoms with Crippen LogP contribution in [0, 0.1) is 0 Å². The molecule has 0 heterocycles. The molecule has 0 aromatic carbocycles. The van der Waals surface area contributed by atoms with E-state index in [1.165, 1.54) is 50.3 Å². The number of primary amides is 1. The number of thioether (sulfide) groups is 1. The Bertz CT molecular complexity index is 273. The summed E-state index contributed by atoms with van der Waals surface area (Å²) in [7, 11) is 0. The van der Waals surface area contributed by atoms with Crippen molar-refractivity contribution in [1.29, 1.82) is 0 Å². The average Bonchev–Trinajstić information content (AvgIpc) is 2.45. The van der Waals surface area contributed by atoms with Crippen LogP contribution in [0.3, 0.4) is 0 Å². The number of hydrogen-bond donors (Lipinski definition) is 1. The average molecular weight is 317 g/mol. The molecule has 0 radical (unpaired) electrons. The number of amides is 2. The molecule has 0 atom stereocenters. The fourth-order valence-electron chi connectivity index (χ4n) is 2.15. The van der Waals surface area contributed by atoms with E-state index < -0.39 is 0 Å². The van der Waals surface area contributed by atoms with Gasteiger partial charge in [0.1, 0.15) is 0 Å². The quantitative estimate of drug-likeness (QED) is 0.501. The highest BCUT2D eigenvalue weighted by Gasteiger charge is 2.13. The topological polar surface area (TPSA) is 63.4 Å². The van der Waals surface area contributed by atoms with Crippen molar-refractivity contribution in [3.05, 3.63) is 0 Å². The Morgan fingerprint density at radius 3 is 1.81 bits per heavy atom. The van der Waals surface area contributed by atoms with Gasteiger partial charge in [0.15, 0.2) is 0 Å². The van der Waals surface area contributed by atoms with Crippen LogP contribution < -0.4 is 5.73 Å². The molecule has 0 saturated heterocycles. The van der Waals surface area contributed by atoms with Crippen LogP contribution in [0.4, 0.5) is 0 Å². The molecule has 0 aromatic heterocycles. The highest BCUT2D eigenvalue weighted by Crippen LogP contribution is 2.08. The van der Waals surface area contributed by atoms with Crippen molar-refractivity contribution >= 4 is 23.6 Å². The molecule has 0 spiro atoms. The van der Waals surface area contributed by atoms with E-state index in [4.69, 9.17) is 5.73 Å². The van der Waals surface area contributed by atoms with Crippen LogP contribution in [0.1, 0.15) is 65.2 Å². The molecule has 4 nitrogen and oxygen atoms in total. The van der Waals surface area contributed by atoms with E-state index in [0.717, 1.165) is 25.9 Å². The summed E-state index contributed by atoms with van der Waals surface area (Å²) in [5.74, 6) is 0.384. The first-order valence-corrected chi connectivity index (χ1v) is 9.41. The molecule has 5 heteroatoms. The van der Waals surface area contributed by atoms with Crippen molar-refractivity contribution in [2.24, 2.45) is 5.73 Å². The third-order valence-corrected chi connectivity index (χ3v) is 4.33. The molecule has 0 aliphatic carbocycles. The van der Waals surface area contributed by atoms with Gasteiger partial charge in [-0.15, -0.1) is 11.8 Å². The zero-order valence-corrected chi connectivity index (χ0v) is 14.6. The molecule has 0 unspecified atom stereocenters. The van der Waals surface area contributed by atoms with Crippen molar-refractivity contribution in [2.45, 2.75) is 65.2 Å². The standard InChI is InChI=1S/C16H32N2O2S/c1-3-5-7-9-11-18(12-10-8-6-4-2)16(20)14-21-13-15(17)19/h3-14H2,1-2H3,(H2,17,19). The number of unbranched alkanes of at least 4 members (excludes halogenated alkanes) is 6. The normalized spacial score (nSPS) is 10.6. The molecule has 0 aromatic rings. The van der Waals surface area contributed by atoms with Gasteiger partial charge in [0.25, 0.3) is 0 Å². The second kappa shape index (κ2) is 14.2. The van der Waals surface area contributed by atoms with Crippen molar-refractivity contribution in [1.82, 2.24) is 4.90 Å². The van der Waals surface area contributed by atoms with Crippen LogP contribution in [0.2, 0.25) is 0 Å². The Hall–Kier alpha value is -0.710. The highest BCUT2D eigenvalue weighted by molar-refractivity contribution is 8.00. The largest absolute Gasteiger partial charge is 0.369 e. The van der Waals surface area contributed by atoms with Gasteiger partial charge >= 0.3 is 0 Å². The lowest BCUT2D eigenvalue weighted by Crippen LogP contribution is -2.34. The Balaban J connectivity index is 4.07. The van der Waals surface area contributed by atoms with Crippen molar-refractivity contribution < 1.29 is 9.59 Å². The van der Waals surface area contributed by atoms with Gasteiger partial charge in [-0.05, 0) is 12.8 Å². The molecule has 21 heavy (non-hydrogen) atoms. The number of carbonyl (C=O) groups excluding carboxylic acids is 2. The van der Waals surface area contributed by atoms with Gasteiger partial charge in [-0.25, -0.2) is 0 Å². The zero-order valence-electron chi connectivity index (χ0n) is 13.7. The third-order valence-electron chi connectivity index (χ3n) is 3.39. The molecular formula is C16H32N2O2S. The molecule has 2 N–H and O–H groups in total. The monoisotopic (exact) mass is 316 g/mol. The summed E-state index contributed by atoms with van der Waals surface area (Å²) in [6, 6.07) is 0. The van der Waals surface area contributed by atoms with Crippen LogP contribution in [-0.2, 0) is 9.59 Å². The smallest absolute Gasteiger partial charge is 0.232 e. The number of rotatable bonds is 14. The summed E-state index contributed by atoms with van der Waals surface area (Å²) in [6.45, 7) is 6.08. The summed E-state index contributed by atoms with van der Waals surface area (Å²) in [5, 5.41) is 0. The van der Waals surface area contributed by atoms with Gasteiger partial charge in [-0.3, -0.25) is 9.59 Å². The van der Waals surface area contributed by atoms with Crippen molar-refractivity contribution in [2.75, 3.05) is 24.6 Å². The van der Waals surface area contributed by atoms with E-state index in [1.807, 2.05) is 4.90 Å². The molecule has 0 aliphatic rings. The summed E-state index contributed by atoms with van der Waals surface area (Å²) in [4.78, 5) is 24.9. The Kier molecular flexibility index (Phi) is 13.8. The minimum Gasteiger partial charge on any atom is -0.369 e. The molecular weight excluding hydrogens is 284 g/mol. The fourth-order valence-corrected chi connectivity index (χ4v) is 2.81. The van der Waals surface area contributed by atoms with Crippen molar-refractivity contribution in [3.63, 3.8) is 0 Å². The fraction of sp³-hybridized carbons (Fsp3) is 0.875. The molecule has 124 valence electrons. The predicted octanol–water partition coefficient (Wildman–Crippen LogP) is 3.19. The van der Waals surface area contributed by atoms with E-state index in [-0.39, 0.29) is 17.6 Å². The Morgan fingerprint density at radius 1 is 0.857 bits per heavy atom. The Morgan fingerprint density at radius 2 is 1.38 bits per heavy atom. The number of carbonyl (C=O) groups is 2. The first kappa shape index (κ1) is 20.3. The number of nitrogens with zero attached hydrogens (tertiary/aromatic N) is 1. The van der Waals surface area contributed by atoms with Gasteiger partial charge in [0.2, 0.25) is 11.8 Å². The first-order valence-electron chi connectivity index (χ1n) is 8.25. The Labute approximate surface area is 134 Å². The van der Waals surface area contributed by atoms with E-state index in [0.29, 0.717) is 5.75 Å². The summed E-state index contributed by atoms with van der Waals surface area (Å²) in [5.41, 5.74) is 5.10. The lowest BCUT2D eigenvalue weighted by molar-refractivity contribution is -0.128. The van der Waals surface area contributed by atoms with Gasteiger partial charge in [0.05, 0.1) is 11.5 Å². The van der Waals surface area contributed by atoms with Gasteiger partial charge < -0.3 is 10.6 Å². The minimum absolute atomic E-state index is 0.147. The van der Waals surface area contributed by atoms with Gasteiger partial charge in [0, 0.05) is 13.1 Å². The molecule has 0 saturated carbocycles. The summed E-state index contributed by atoms with van der Waals surface area (Å²) in [6.07, 6.45) is 9.40. The summed E-state index contributed by atoms with van der Waals surface area (Å²) >= 11 is 1.32. The van der Waals surface area contributed by atoms with Crippen molar-refractivity contribution in [3.8, 4) is 0 Å². The third kappa shape index (κ3) is 12.7. The molecule has 0 aliphatic heterocycles. The van der Waals surface area contributed by atoms with E-state index in [1.54, 1.807) is 0 Å². The predicted molar refractivity (Wildman–Crippen MR) is 91.4 cm³/mol. The zero-order chi connectivity index (χ0) is 15.9. The second-order valence-electron chi connectivity index (χ2n) is 5.46. The van der Waals surface area contributed by atoms with Crippen LogP contribution >= 0.6 is 11.8 Å². The number of nitrogens with two attached hydrogens (primary N) is 1. The van der Waals surface area contributed by atoms with E-state index in [9.17, 15) is 9.59 Å². The highest BCUT2D eigenvalue weighted by atomic mass is 32.2. The van der Waals surface area contributed by atoms with E-state index >= 15 is 0 Å². The maximum atomic E-state index is 12.2. The van der Waals surface area contributed by atoms with Crippen LogP contribution in [-0.4, -0.2) is 41.3 Å². The summed E-state index contributed by atoms with van der Waals surface area (Å²) < 4.78 is 0.